The molecule has 0 saturated carbocycles. The number of anilines is 3. The van der Waals surface area contributed by atoms with Crippen LogP contribution in [0.1, 0.15) is 0 Å². The molecule has 0 bridgehead atoms. The van der Waals surface area contributed by atoms with E-state index in [9.17, 15) is 5.11 Å². The minimum atomic E-state index is 0.205. The van der Waals surface area contributed by atoms with Gasteiger partial charge in [-0.2, -0.15) is 0 Å². The first-order chi connectivity index (χ1) is 7.24. The number of nitrogen functional groups attached to an aromatic ring is 1. The molecule has 76 valence electrons. The van der Waals surface area contributed by atoms with E-state index in [1.54, 1.807) is 30.6 Å². The van der Waals surface area contributed by atoms with Gasteiger partial charge in [-0.15, -0.1) is 0 Å². The van der Waals surface area contributed by atoms with E-state index < -0.39 is 0 Å². The first-order valence-corrected chi connectivity index (χ1v) is 4.37. The van der Waals surface area contributed by atoms with Crippen LogP contribution in [0, 0.1) is 0 Å². The number of phenols is 1. The van der Waals surface area contributed by atoms with E-state index in [0.717, 1.165) is 11.4 Å². The SMILES string of the molecule is Nc1ncc(Nc2cccc(O)c2)cn1. The molecule has 0 spiro atoms. The summed E-state index contributed by atoms with van der Waals surface area (Å²) in [4.78, 5) is 7.68. The Balaban J connectivity index is 2.18. The van der Waals surface area contributed by atoms with Crippen LogP contribution in [0.3, 0.4) is 0 Å². The second-order valence-corrected chi connectivity index (χ2v) is 3.01. The number of rotatable bonds is 2. The van der Waals surface area contributed by atoms with Crippen molar-refractivity contribution in [1.82, 2.24) is 9.97 Å². The van der Waals surface area contributed by atoms with E-state index in [1.165, 1.54) is 0 Å². The molecule has 1 aromatic heterocycles. The average Bonchev–Trinajstić information content (AvgIpc) is 2.22. The summed E-state index contributed by atoms with van der Waals surface area (Å²) in [6.07, 6.45) is 3.15. The molecule has 0 atom stereocenters. The van der Waals surface area contributed by atoms with E-state index in [0.29, 0.717) is 0 Å². The molecule has 0 unspecified atom stereocenters. The number of hydrogen-bond acceptors (Lipinski definition) is 5. The highest BCUT2D eigenvalue weighted by molar-refractivity contribution is 5.59. The maximum Gasteiger partial charge on any atom is 0.220 e. The van der Waals surface area contributed by atoms with Crippen LogP contribution in [-0.4, -0.2) is 15.1 Å². The maximum absolute atomic E-state index is 9.24. The standard InChI is InChI=1S/C10H10N4O/c11-10-12-5-8(6-13-10)14-7-2-1-3-9(15)4-7/h1-6,14-15H,(H2,11,12,13). The molecule has 5 nitrogen and oxygen atoms in total. The third-order valence-electron chi connectivity index (χ3n) is 1.81. The molecule has 2 rings (SSSR count). The summed E-state index contributed by atoms with van der Waals surface area (Å²) < 4.78 is 0. The minimum absolute atomic E-state index is 0.205. The summed E-state index contributed by atoms with van der Waals surface area (Å²) in [5, 5.41) is 12.3. The number of aromatic hydroxyl groups is 1. The van der Waals surface area contributed by atoms with Gasteiger partial charge in [0.15, 0.2) is 0 Å². The zero-order chi connectivity index (χ0) is 10.7. The van der Waals surface area contributed by atoms with E-state index in [-0.39, 0.29) is 11.7 Å². The normalized spacial score (nSPS) is 9.87. The highest BCUT2D eigenvalue weighted by Crippen LogP contribution is 2.19. The van der Waals surface area contributed by atoms with Crippen LogP contribution in [0.4, 0.5) is 17.3 Å². The fourth-order valence-electron chi connectivity index (χ4n) is 1.15. The van der Waals surface area contributed by atoms with Gasteiger partial charge in [0.1, 0.15) is 5.75 Å². The number of nitrogens with two attached hydrogens (primary N) is 1. The molecule has 1 heterocycles. The average molecular weight is 202 g/mol. The molecular formula is C10H10N4O. The fourth-order valence-corrected chi connectivity index (χ4v) is 1.15. The van der Waals surface area contributed by atoms with Crippen molar-refractivity contribution in [2.75, 3.05) is 11.1 Å². The lowest BCUT2D eigenvalue weighted by Crippen LogP contribution is -1.96. The van der Waals surface area contributed by atoms with Gasteiger partial charge in [-0.3, -0.25) is 0 Å². The largest absolute Gasteiger partial charge is 0.508 e. The third-order valence-corrected chi connectivity index (χ3v) is 1.81. The molecule has 0 aliphatic heterocycles. The number of nitrogens with one attached hydrogen (secondary N) is 1. The monoisotopic (exact) mass is 202 g/mol. The van der Waals surface area contributed by atoms with Gasteiger partial charge in [0.2, 0.25) is 5.95 Å². The zero-order valence-corrected chi connectivity index (χ0v) is 7.88. The number of aromatic nitrogens is 2. The van der Waals surface area contributed by atoms with Crippen LogP contribution < -0.4 is 11.1 Å². The predicted octanol–water partition coefficient (Wildman–Crippen LogP) is 1.51. The quantitative estimate of drug-likeness (QED) is 0.687. The van der Waals surface area contributed by atoms with Gasteiger partial charge in [0.25, 0.3) is 0 Å². The zero-order valence-electron chi connectivity index (χ0n) is 7.88. The van der Waals surface area contributed by atoms with E-state index >= 15 is 0 Å². The summed E-state index contributed by atoms with van der Waals surface area (Å²) in [6.45, 7) is 0. The van der Waals surface area contributed by atoms with Gasteiger partial charge in [-0.1, -0.05) is 6.07 Å². The Morgan fingerprint density at radius 1 is 1.13 bits per heavy atom. The van der Waals surface area contributed by atoms with Crippen LogP contribution >= 0.6 is 0 Å². The van der Waals surface area contributed by atoms with Gasteiger partial charge in [0.05, 0.1) is 18.1 Å². The summed E-state index contributed by atoms with van der Waals surface area (Å²) >= 11 is 0. The summed E-state index contributed by atoms with van der Waals surface area (Å²) in [5.74, 6) is 0.438. The van der Waals surface area contributed by atoms with Crippen LogP contribution in [0.2, 0.25) is 0 Å². The fraction of sp³-hybridized carbons (Fsp3) is 0. The molecule has 4 N–H and O–H groups in total. The lowest BCUT2D eigenvalue weighted by atomic mass is 10.3. The molecule has 2 aromatic rings. The second kappa shape index (κ2) is 3.83. The highest BCUT2D eigenvalue weighted by Gasteiger charge is 1.96. The van der Waals surface area contributed by atoms with Gasteiger partial charge >= 0.3 is 0 Å². The molecule has 0 fully saturated rings. The van der Waals surface area contributed by atoms with Crippen molar-refractivity contribution in [2.45, 2.75) is 0 Å². The van der Waals surface area contributed by atoms with Crippen LogP contribution in [0.25, 0.3) is 0 Å². The number of nitrogens with zero attached hydrogens (tertiary/aromatic N) is 2. The maximum atomic E-state index is 9.24. The molecule has 5 heteroatoms. The van der Waals surface area contributed by atoms with Gasteiger partial charge in [-0.05, 0) is 12.1 Å². The lowest BCUT2D eigenvalue weighted by Gasteiger charge is -2.05. The molecule has 0 radical (unpaired) electrons. The molecular weight excluding hydrogens is 192 g/mol. The van der Waals surface area contributed by atoms with Crippen molar-refractivity contribution >= 4 is 17.3 Å². The van der Waals surface area contributed by atoms with Crippen molar-refractivity contribution < 1.29 is 5.11 Å². The molecule has 0 aliphatic rings. The van der Waals surface area contributed by atoms with Gasteiger partial charge < -0.3 is 16.2 Å². The first-order valence-electron chi connectivity index (χ1n) is 4.37. The first kappa shape index (κ1) is 9.26. The number of phenolic OH excluding ortho intramolecular Hbond substituents is 1. The summed E-state index contributed by atoms with van der Waals surface area (Å²) in [6, 6.07) is 6.78. The molecule has 0 amide bonds. The molecule has 0 aliphatic carbocycles. The molecule has 0 saturated heterocycles. The van der Waals surface area contributed by atoms with Crippen molar-refractivity contribution in [3.63, 3.8) is 0 Å². The number of benzene rings is 1. The van der Waals surface area contributed by atoms with Crippen LogP contribution in [0.5, 0.6) is 5.75 Å². The molecule has 1 aromatic carbocycles. The lowest BCUT2D eigenvalue weighted by molar-refractivity contribution is 0.475. The third kappa shape index (κ3) is 2.34. The van der Waals surface area contributed by atoms with Crippen molar-refractivity contribution in [3.05, 3.63) is 36.7 Å². The second-order valence-electron chi connectivity index (χ2n) is 3.01. The van der Waals surface area contributed by atoms with Gasteiger partial charge in [-0.25, -0.2) is 9.97 Å². The minimum Gasteiger partial charge on any atom is -0.508 e. The van der Waals surface area contributed by atoms with Crippen molar-refractivity contribution in [2.24, 2.45) is 0 Å². The Bertz CT molecular complexity index is 455. The summed E-state index contributed by atoms with van der Waals surface area (Å²) in [7, 11) is 0. The van der Waals surface area contributed by atoms with E-state index in [4.69, 9.17) is 5.73 Å². The number of hydrogen-bond donors (Lipinski definition) is 3. The molecule has 15 heavy (non-hydrogen) atoms. The Labute approximate surface area is 86.6 Å². The Morgan fingerprint density at radius 3 is 2.53 bits per heavy atom. The van der Waals surface area contributed by atoms with E-state index in [2.05, 4.69) is 15.3 Å². The summed E-state index contributed by atoms with van der Waals surface area (Å²) in [5.41, 5.74) is 6.84. The van der Waals surface area contributed by atoms with E-state index in [1.807, 2.05) is 6.07 Å². The Morgan fingerprint density at radius 2 is 1.87 bits per heavy atom. The van der Waals surface area contributed by atoms with Crippen LogP contribution in [-0.2, 0) is 0 Å². The van der Waals surface area contributed by atoms with Crippen molar-refractivity contribution in [3.8, 4) is 5.75 Å². The Hall–Kier alpha value is -2.30. The predicted molar refractivity (Wildman–Crippen MR) is 57.8 cm³/mol. The van der Waals surface area contributed by atoms with Crippen LogP contribution in [0.15, 0.2) is 36.7 Å². The Kier molecular flexibility index (Phi) is 2.37. The smallest absolute Gasteiger partial charge is 0.220 e. The highest BCUT2D eigenvalue weighted by atomic mass is 16.3. The topological polar surface area (TPSA) is 84.1 Å². The van der Waals surface area contributed by atoms with Crippen molar-refractivity contribution in [1.29, 1.82) is 0 Å². The van der Waals surface area contributed by atoms with Gasteiger partial charge in [0, 0.05) is 11.8 Å².